The van der Waals surface area contributed by atoms with Crippen LogP contribution in [0.2, 0.25) is 0 Å². The Morgan fingerprint density at radius 1 is 1.30 bits per heavy atom. The second kappa shape index (κ2) is 6.83. The maximum Gasteiger partial charge on any atom is 0.422 e. The number of carbonyl (C=O) groups excluding carboxylic acids is 1. The molecule has 0 bridgehead atoms. The summed E-state index contributed by atoms with van der Waals surface area (Å²) in [5, 5.41) is 2.53. The van der Waals surface area contributed by atoms with Crippen LogP contribution in [-0.4, -0.2) is 23.7 Å². The van der Waals surface area contributed by atoms with E-state index >= 15 is 0 Å². The van der Waals surface area contributed by atoms with Crippen LogP contribution in [0.15, 0.2) is 42.6 Å². The highest BCUT2D eigenvalue weighted by Crippen LogP contribution is 2.21. The minimum atomic E-state index is -4.52. The normalized spacial score (nSPS) is 10.7. The molecule has 0 fully saturated rings. The Bertz CT molecular complexity index is 751. The van der Waals surface area contributed by atoms with Crippen LogP contribution in [0, 0.1) is 12.3 Å². The lowest BCUT2D eigenvalue weighted by Gasteiger charge is -2.12. The fourth-order valence-electron chi connectivity index (χ4n) is 1.71. The Balaban J connectivity index is 2.17. The molecule has 1 heterocycles. The fraction of sp³-hybridized carbons (Fsp3) is 0.125. The zero-order valence-electron chi connectivity index (χ0n) is 11.7. The van der Waals surface area contributed by atoms with Crippen molar-refractivity contribution in [2.75, 3.05) is 11.9 Å². The maximum atomic E-state index is 12.2. The Kier molecular flexibility index (Phi) is 4.86. The number of ether oxygens (including phenoxy) is 1. The van der Waals surface area contributed by atoms with Crippen molar-refractivity contribution in [3.05, 3.63) is 53.7 Å². The van der Waals surface area contributed by atoms with Crippen molar-refractivity contribution in [1.82, 2.24) is 4.98 Å². The molecule has 2 rings (SSSR count). The lowest BCUT2D eigenvalue weighted by Crippen LogP contribution is -2.22. The SMILES string of the molecule is C#Cc1cccc(NC(=O)c2cccnc2OCC(F)(F)F)c1. The molecule has 0 unspecified atom stereocenters. The maximum absolute atomic E-state index is 12.2. The molecular weight excluding hydrogens is 309 g/mol. The molecule has 1 aromatic heterocycles. The zero-order chi connectivity index (χ0) is 16.9. The molecule has 7 heteroatoms. The molecule has 0 saturated carbocycles. The van der Waals surface area contributed by atoms with Gasteiger partial charge < -0.3 is 10.1 Å². The Hall–Kier alpha value is -3.01. The predicted molar refractivity (Wildman–Crippen MR) is 78.1 cm³/mol. The van der Waals surface area contributed by atoms with E-state index in [1.54, 1.807) is 24.3 Å². The molecule has 1 N–H and O–H groups in total. The number of hydrogen-bond donors (Lipinski definition) is 1. The van der Waals surface area contributed by atoms with Gasteiger partial charge in [0.25, 0.3) is 5.91 Å². The lowest BCUT2D eigenvalue weighted by molar-refractivity contribution is -0.154. The van der Waals surface area contributed by atoms with Gasteiger partial charge in [-0.1, -0.05) is 12.0 Å². The standard InChI is InChI=1S/C16H11F3N2O2/c1-2-11-5-3-6-12(9-11)21-14(22)13-7-4-8-20-15(13)23-10-16(17,18)19/h1,3-9H,10H2,(H,21,22). The van der Waals surface area contributed by atoms with E-state index in [1.807, 2.05) is 0 Å². The van der Waals surface area contributed by atoms with Crippen molar-refractivity contribution in [1.29, 1.82) is 0 Å². The second-order valence-corrected chi connectivity index (χ2v) is 4.44. The summed E-state index contributed by atoms with van der Waals surface area (Å²) in [6.45, 7) is -1.53. The smallest absolute Gasteiger partial charge is 0.422 e. The molecule has 0 radical (unpaired) electrons. The molecule has 0 aliphatic heterocycles. The summed E-state index contributed by atoms with van der Waals surface area (Å²) in [7, 11) is 0. The predicted octanol–water partition coefficient (Wildman–Crippen LogP) is 3.26. The van der Waals surface area contributed by atoms with Crippen LogP contribution in [0.4, 0.5) is 18.9 Å². The summed E-state index contributed by atoms with van der Waals surface area (Å²) in [5.41, 5.74) is 0.862. The monoisotopic (exact) mass is 320 g/mol. The second-order valence-electron chi connectivity index (χ2n) is 4.44. The van der Waals surface area contributed by atoms with Crippen molar-refractivity contribution in [3.8, 4) is 18.2 Å². The van der Waals surface area contributed by atoms with Crippen LogP contribution in [0.3, 0.4) is 0 Å². The number of benzene rings is 1. The van der Waals surface area contributed by atoms with Crippen molar-refractivity contribution in [2.45, 2.75) is 6.18 Å². The van der Waals surface area contributed by atoms with Gasteiger partial charge in [0, 0.05) is 17.4 Å². The first-order chi connectivity index (χ1) is 10.9. The molecule has 0 aliphatic carbocycles. The van der Waals surface area contributed by atoms with E-state index in [9.17, 15) is 18.0 Å². The van der Waals surface area contributed by atoms with Crippen LogP contribution in [-0.2, 0) is 0 Å². The van der Waals surface area contributed by atoms with Crippen LogP contribution < -0.4 is 10.1 Å². The molecule has 1 aromatic carbocycles. The van der Waals surface area contributed by atoms with E-state index in [1.165, 1.54) is 18.3 Å². The average molecular weight is 320 g/mol. The number of nitrogens with one attached hydrogen (secondary N) is 1. The van der Waals surface area contributed by atoms with Gasteiger partial charge >= 0.3 is 6.18 Å². The third kappa shape index (κ3) is 4.74. The summed E-state index contributed by atoms with van der Waals surface area (Å²) >= 11 is 0. The van der Waals surface area contributed by atoms with E-state index in [2.05, 4.69) is 21.0 Å². The topological polar surface area (TPSA) is 51.2 Å². The first-order valence-corrected chi connectivity index (χ1v) is 6.41. The Morgan fingerprint density at radius 2 is 2.09 bits per heavy atom. The molecule has 0 spiro atoms. The number of anilines is 1. The summed E-state index contributed by atoms with van der Waals surface area (Å²) in [5.74, 6) is 1.37. The number of nitrogens with zero attached hydrogens (tertiary/aromatic N) is 1. The van der Waals surface area contributed by atoms with Crippen molar-refractivity contribution < 1.29 is 22.7 Å². The third-order valence-electron chi connectivity index (χ3n) is 2.68. The van der Waals surface area contributed by atoms with Gasteiger partial charge in [0.2, 0.25) is 5.88 Å². The number of halogens is 3. The van der Waals surface area contributed by atoms with Crippen molar-refractivity contribution in [2.24, 2.45) is 0 Å². The molecule has 0 saturated heterocycles. The molecule has 4 nitrogen and oxygen atoms in total. The molecule has 0 atom stereocenters. The number of alkyl halides is 3. The minimum Gasteiger partial charge on any atom is -0.467 e. The minimum absolute atomic E-state index is 0.108. The highest BCUT2D eigenvalue weighted by atomic mass is 19.4. The van der Waals surface area contributed by atoms with Crippen LogP contribution in [0.1, 0.15) is 15.9 Å². The van der Waals surface area contributed by atoms with E-state index in [-0.39, 0.29) is 5.56 Å². The number of amides is 1. The Labute approximate surface area is 130 Å². The fourth-order valence-corrected chi connectivity index (χ4v) is 1.71. The summed E-state index contributed by atoms with van der Waals surface area (Å²) in [4.78, 5) is 15.9. The number of carbonyl (C=O) groups is 1. The third-order valence-corrected chi connectivity index (χ3v) is 2.68. The van der Waals surface area contributed by atoms with Gasteiger partial charge in [-0.25, -0.2) is 4.98 Å². The van der Waals surface area contributed by atoms with Crippen molar-refractivity contribution >= 4 is 11.6 Å². The average Bonchev–Trinajstić information content (AvgIpc) is 2.52. The number of rotatable bonds is 4. The van der Waals surface area contributed by atoms with Crippen LogP contribution >= 0.6 is 0 Å². The number of pyridine rings is 1. The first kappa shape index (κ1) is 16.4. The summed E-state index contributed by atoms with van der Waals surface area (Å²) < 4.78 is 41.3. The lowest BCUT2D eigenvalue weighted by atomic mass is 10.2. The number of hydrogen-bond acceptors (Lipinski definition) is 3. The molecule has 2 aromatic rings. The molecule has 118 valence electrons. The summed E-state index contributed by atoms with van der Waals surface area (Å²) in [6, 6.07) is 9.23. The molecule has 1 amide bonds. The van der Waals surface area contributed by atoms with E-state index in [4.69, 9.17) is 6.42 Å². The van der Waals surface area contributed by atoms with Crippen LogP contribution in [0.25, 0.3) is 0 Å². The first-order valence-electron chi connectivity index (χ1n) is 6.41. The number of terminal acetylenes is 1. The van der Waals surface area contributed by atoms with Crippen LogP contribution in [0.5, 0.6) is 5.88 Å². The van der Waals surface area contributed by atoms with Gasteiger partial charge in [-0.3, -0.25) is 4.79 Å². The molecule has 0 aliphatic rings. The quantitative estimate of drug-likeness (QED) is 0.880. The van der Waals surface area contributed by atoms with E-state index in [0.29, 0.717) is 11.3 Å². The zero-order valence-corrected chi connectivity index (χ0v) is 11.7. The largest absolute Gasteiger partial charge is 0.467 e. The highest BCUT2D eigenvalue weighted by molar-refractivity contribution is 6.05. The van der Waals surface area contributed by atoms with Gasteiger partial charge in [0.15, 0.2) is 6.61 Å². The van der Waals surface area contributed by atoms with Gasteiger partial charge in [-0.2, -0.15) is 13.2 Å². The van der Waals surface area contributed by atoms with Gasteiger partial charge in [0.05, 0.1) is 0 Å². The van der Waals surface area contributed by atoms with Gasteiger partial charge in [-0.15, -0.1) is 6.42 Å². The number of aromatic nitrogens is 1. The molecule has 23 heavy (non-hydrogen) atoms. The summed E-state index contributed by atoms with van der Waals surface area (Å²) in [6.07, 6.45) is 1.98. The van der Waals surface area contributed by atoms with E-state index in [0.717, 1.165) is 0 Å². The molecular formula is C16H11F3N2O2. The van der Waals surface area contributed by atoms with Gasteiger partial charge in [0.1, 0.15) is 5.56 Å². The van der Waals surface area contributed by atoms with Crippen molar-refractivity contribution in [3.63, 3.8) is 0 Å². The highest BCUT2D eigenvalue weighted by Gasteiger charge is 2.29. The van der Waals surface area contributed by atoms with E-state index < -0.39 is 24.6 Å². The Morgan fingerprint density at radius 3 is 2.78 bits per heavy atom. The van der Waals surface area contributed by atoms with Gasteiger partial charge in [-0.05, 0) is 30.3 Å².